The van der Waals surface area contributed by atoms with E-state index >= 15 is 0 Å². The minimum absolute atomic E-state index is 0.00213. The van der Waals surface area contributed by atoms with Gasteiger partial charge in [-0.15, -0.1) is 0 Å². The summed E-state index contributed by atoms with van der Waals surface area (Å²) in [5.41, 5.74) is -0.492. The van der Waals surface area contributed by atoms with E-state index in [1.54, 1.807) is 4.90 Å². The molecule has 1 fully saturated rings. The quantitative estimate of drug-likeness (QED) is 0.781. The summed E-state index contributed by atoms with van der Waals surface area (Å²) < 4.78 is 11.0. The van der Waals surface area contributed by atoms with Gasteiger partial charge in [-0.2, -0.15) is 0 Å². The number of carbonyl (C=O) groups is 1. The number of nitrogens with one attached hydrogen (secondary N) is 1. The topological polar surface area (TPSA) is 71.0 Å². The second-order valence-corrected chi connectivity index (χ2v) is 6.99. The molecule has 1 amide bonds. The Kier molecular flexibility index (Phi) is 7.59. The molecule has 1 rings (SSSR count). The maximum Gasteiger partial charge on any atom is 0.410 e. The van der Waals surface area contributed by atoms with Crippen molar-refractivity contribution >= 4 is 6.09 Å². The van der Waals surface area contributed by atoms with E-state index in [0.717, 1.165) is 12.8 Å². The first-order valence-electron chi connectivity index (χ1n) is 8.21. The predicted octanol–water partition coefficient (Wildman–Crippen LogP) is 1.76. The van der Waals surface area contributed by atoms with Gasteiger partial charge in [0.15, 0.2) is 0 Å². The van der Waals surface area contributed by atoms with Gasteiger partial charge in [-0.05, 0) is 40.5 Å². The first-order chi connectivity index (χ1) is 10.3. The van der Waals surface area contributed by atoms with Crippen molar-refractivity contribution in [2.24, 2.45) is 0 Å². The second-order valence-electron chi connectivity index (χ2n) is 6.99. The van der Waals surface area contributed by atoms with E-state index < -0.39 is 5.60 Å². The van der Waals surface area contributed by atoms with Gasteiger partial charge in [0.05, 0.1) is 25.9 Å². The van der Waals surface area contributed by atoms with Crippen molar-refractivity contribution in [2.45, 2.75) is 71.2 Å². The van der Waals surface area contributed by atoms with E-state index in [9.17, 15) is 9.90 Å². The van der Waals surface area contributed by atoms with Crippen molar-refractivity contribution in [3.63, 3.8) is 0 Å². The number of rotatable bonds is 6. The third kappa shape index (κ3) is 6.50. The molecule has 0 aromatic rings. The molecule has 6 heteroatoms. The van der Waals surface area contributed by atoms with Crippen molar-refractivity contribution in [2.75, 3.05) is 26.4 Å². The third-order valence-corrected chi connectivity index (χ3v) is 3.71. The molecule has 1 saturated heterocycles. The van der Waals surface area contributed by atoms with Crippen LogP contribution in [-0.2, 0) is 9.47 Å². The van der Waals surface area contributed by atoms with Crippen LogP contribution in [0.15, 0.2) is 0 Å². The molecule has 130 valence electrons. The molecule has 1 aliphatic rings. The van der Waals surface area contributed by atoms with E-state index in [4.69, 9.17) is 9.47 Å². The van der Waals surface area contributed by atoms with Crippen LogP contribution < -0.4 is 5.32 Å². The lowest BCUT2D eigenvalue weighted by Gasteiger charge is -2.38. The Hall–Kier alpha value is -0.850. The summed E-state index contributed by atoms with van der Waals surface area (Å²) >= 11 is 0. The van der Waals surface area contributed by atoms with Gasteiger partial charge in [-0.3, -0.25) is 0 Å². The number of aliphatic hydroxyl groups excluding tert-OH is 1. The smallest absolute Gasteiger partial charge is 0.410 e. The molecule has 0 aromatic heterocycles. The van der Waals surface area contributed by atoms with Crippen molar-refractivity contribution in [1.29, 1.82) is 0 Å². The van der Waals surface area contributed by atoms with Crippen molar-refractivity contribution in [1.82, 2.24) is 10.2 Å². The number of carbonyl (C=O) groups excluding carboxylic acids is 1. The van der Waals surface area contributed by atoms with Crippen LogP contribution in [0, 0.1) is 0 Å². The normalized spacial score (nSPS) is 22.3. The molecule has 6 nitrogen and oxygen atoms in total. The zero-order valence-electron chi connectivity index (χ0n) is 14.6. The van der Waals surface area contributed by atoms with Gasteiger partial charge in [0.25, 0.3) is 0 Å². The van der Waals surface area contributed by atoms with E-state index in [1.807, 2.05) is 27.7 Å². The third-order valence-electron chi connectivity index (χ3n) is 3.71. The molecule has 1 aliphatic heterocycles. The van der Waals surface area contributed by atoms with Gasteiger partial charge in [-0.1, -0.05) is 6.92 Å². The Bertz CT molecular complexity index is 340. The molecule has 0 radical (unpaired) electrons. The fourth-order valence-electron chi connectivity index (χ4n) is 2.59. The molecule has 2 unspecified atom stereocenters. The monoisotopic (exact) mass is 316 g/mol. The second kappa shape index (κ2) is 8.70. The molecule has 0 bridgehead atoms. The predicted molar refractivity (Wildman–Crippen MR) is 85.9 cm³/mol. The molecular weight excluding hydrogens is 284 g/mol. The number of hydrogen-bond acceptors (Lipinski definition) is 5. The van der Waals surface area contributed by atoms with Gasteiger partial charge in [0.2, 0.25) is 0 Å². The fourth-order valence-corrected chi connectivity index (χ4v) is 2.59. The van der Waals surface area contributed by atoms with Gasteiger partial charge >= 0.3 is 6.09 Å². The average Bonchev–Trinajstić information content (AvgIpc) is 2.43. The summed E-state index contributed by atoms with van der Waals surface area (Å²) in [7, 11) is 0. The molecule has 3 atom stereocenters. The summed E-state index contributed by atoms with van der Waals surface area (Å²) in [6, 6.07) is 0.283. The van der Waals surface area contributed by atoms with Crippen LogP contribution in [0.5, 0.6) is 0 Å². The molecule has 2 N–H and O–H groups in total. The van der Waals surface area contributed by atoms with Gasteiger partial charge in [0, 0.05) is 18.6 Å². The molecule has 1 heterocycles. The number of hydrogen-bond donors (Lipinski definition) is 2. The van der Waals surface area contributed by atoms with Crippen LogP contribution in [0.25, 0.3) is 0 Å². The van der Waals surface area contributed by atoms with E-state index in [0.29, 0.717) is 19.8 Å². The number of amides is 1. The van der Waals surface area contributed by atoms with Gasteiger partial charge < -0.3 is 24.8 Å². The molecule has 0 aliphatic carbocycles. The minimum Gasteiger partial charge on any atom is -0.444 e. The van der Waals surface area contributed by atoms with Crippen LogP contribution in [0.2, 0.25) is 0 Å². The molecule has 0 spiro atoms. The number of aliphatic hydroxyl groups is 1. The van der Waals surface area contributed by atoms with Crippen LogP contribution in [-0.4, -0.2) is 66.2 Å². The fraction of sp³-hybridized carbons (Fsp3) is 0.938. The van der Waals surface area contributed by atoms with E-state index in [-0.39, 0.29) is 30.8 Å². The standard InChI is InChI=1S/C16H32N2O4/c1-6-13(10-19)17-12(2)9-14-11-21-8-7-18(14)15(20)22-16(3,4)5/h12-14,17,19H,6-11H2,1-5H3/t12?,13-,14?/m1/s1. The number of morpholine rings is 1. The Morgan fingerprint density at radius 3 is 2.73 bits per heavy atom. The average molecular weight is 316 g/mol. The highest BCUT2D eigenvalue weighted by molar-refractivity contribution is 5.68. The summed E-state index contributed by atoms with van der Waals surface area (Å²) in [6.45, 7) is 11.5. The minimum atomic E-state index is -0.492. The number of ether oxygens (including phenoxy) is 2. The Balaban J connectivity index is 2.59. The van der Waals surface area contributed by atoms with Crippen LogP contribution in [0.1, 0.15) is 47.5 Å². The summed E-state index contributed by atoms with van der Waals surface area (Å²) in [4.78, 5) is 14.1. The van der Waals surface area contributed by atoms with Crippen LogP contribution >= 0.6 is 0 Å². The number of nitrogens with zero attached hydrogens (tertiary/aromatic N) is 1. The van der Waals surface area contributed by atoms with E-state index in [2.05, 4.69) is 12.2 Å². The maximum absolute atomic E-state index is 12.3. The maximum atomic E-state index is 12.3. The molecule has 0 aromatic carbocycles. The Labute approximate surface area is 134 Å². The first kappa shape index (κ1) is 19.2. The Morgan fingerprint density at radius 2 is 2.18 bits per heavy atom. The molecule has 0 saturated carbocycles. The largest absolute Gasteiger partial charge is 0.444 e. The highest BCUT2D eigenvalue weighted by atomic mass is 16.6. The summed E-state index contributed by atoms with van der Waals surface area (Å²) in [5, 5.41) is 12.7. The van der Waals surface area contributed by atoms with E-state index in [1.165, 1.54) is 0 Å². The van der Waals surface area contributed by atoms with Gasteiger partial charge in [-0.25, -0.2) is 4.79 Å². The zero-order chi connectivity index (χ0) is 16.8. The highest BCUT2D eigenvalue weighted by Crippen LogP contribution is 2.17. The van der Waals surface area contributed by atoms with Crippen LogP contribution in [0.4, 0.5) is 4.79 Å². The summed E-state index contributed by atoms with van der Waals surface area (Å²) in [6.07, 6.45) is 1.37. The SMILES string of the molecule is CC[C@H](CO)NC(C)CC1COCCN1C(=O)OC(C)(C)C. The lowest BCUT2D eigenvalue weighted by molar-refractivity contribution is -0.0359. The van der Waals surface area contributed by atoms with Crippen molar-refractivity contribution in [3.05, 3.63) is 0 Å². The molecule has 22 heavy (non-hydrogen) atoms. The summed E-state index contributed by atoms with van der Waals surface area (Å²) in [5.74, 6) is 0. The van der Waals surface area contributed by atoms with Crippen LogP contribution in [0.3, 0.4) is 0 Å². The zero-order valence-corrected chi connectivity index (χ0v) is 14.6. The van der Waals surface area contributed by atoms with Crippen molar-refractivity contribution in [3.8, 4) is 0 Å². The van der Waals surface area contributed by atoms with Gasteiger partial charge in [0.1, 0.15) is 5.60 Å². The van der Waals surface area contributed by atoms with Crippen molar-refractivity contribution < 1.29 is 19.4 Å². The highest BCUT2D eigenvalue weighted by Gasteiger charge is 2.32. The first-order valence-corrected chi connectivity index (χ1v) is 8.21. The molecular formula is C16H32N2O4. The lowest BCUT2D eigenvalue weighted by Crippen LogP contribution is -2.53. The lowest BCUT2D eigenvalue weighted by atomic mass is 10.1. The Morgan fingerprint density at radius 1 is 1.50 bits per heavy atom.